The molecule has 5 heteroatoms. The number of fused-ring (bicyclic) bond motifs is 1. The Morgan fingerprint density at radius 2 is 1.86 bits per heavy atom. The number of para-hydroxylation sites is 2. The number of imidazole rings is 1. The quantitative estimate of drug-likeness (QED) is 0.558. The van der Waals surface area contributed by atoms with E-state index >= 15 is 0 Å². The van der Waals surface area contributed by atoms with E-state index < -0.39 is 0 Å². The smallest absolute Gasteiger partial charge is 0.337 e. The maximum Gasteiger partial charge on any atom is 0.337 e. The summed E-state index contributed by atoms with van der Waals surface area (Å²) in [6.45, 7) is 7.09. The lowest BCUT2D eigenvalue weighted by Crippen LogP contribution is -2.29. The van der Waals surface area contributed by atoms with Gasteiger partial charge in [-0.05, 0) is 67.0 Å². The summed E-state index contributed by atoms with van der Waals surface area (Å²) in [7, 11) is 1.39. The molecule has 1 heterocycles. The largest absolute Gasteiger partial charge is 0.465 e. The van der Waals surface area contributed by atoms with Gasteiger partial charge in [-0.25, -0.2) is 9.78 Å². The fourth-order valence-electron chi connectivity index (χ4n) is 4.93. The minimum absolute atomic E-state index is 0.313. The van der Waals surface area contributed by atoms with E-state index in [2.05, 4.69) is 48.9 Å². The Labute approximate surface area is 172 Å². The Balaban J connectivity index is 1.71. The van der Waals surface area contributed by atoms with Crippen LogP contribution in [0.2, 0.25) is 0 Å². The first kappa shape index (κ1) is 19.5. The van der Waals surface area contributed by atoms with Crippen LogP contribution in [0.5, 0.6) is 0 Å². The van der Waals surface area contributed by atoms with Crippen LogP contribution in [0.3, 0.4) is 0 Å². The number of anilines is 2. The summed E-state index contributed by atoms with van der Waals surface area (Å²) in [5, 5.41) is 3.49. The lowest BCUT2D eigenvalue weighted by Gasteiger charge is -2.40. The Morgan fingerprint density at radius 1 is 1.14 bits per heavy atom. The normalized spacial score (nSPS) is 21.1. The second kappa shape index (κ2) is 7.54. The molecule has 0 amide bonds. The van der Waals surface area contributed by atoms with Crippen LogP contribution in [-0.2, 0) is 4.74 Å². The molecule has 1 fully saturated rings. The fourth-order valence-corrected chi connectivity index (χ4v) is 4.93. The van der Waals surface area contributed by atoms with E-state index in [1.165, 1.54) is 13.5 Å². The number of esters is 1. The van der Waals surface area contributed by atoms with Gasteiger partial charge in [0.15, 0.2) is 0 Å². The average Bonchev–Trinajstić information content (AvgIpc) is 3.04. The minimum atomic E-state index is -0.331. The zero-order valence-corrected chi connectivity index (χ0v) is 17.6. The predicted molar refractivity (Wildman–Crippen MR) is 117 cm³/mol. The van der Waals surface area contributed by atoms with Crippen LogP contribution < -0.4 is 5.32 Å². The molecule has 1 saturated carbocycles. The Bertz CT molecular complexity index is 1020. The summed E-state index contributed by atoms with van der Waals surface area (Å²) in [4.78, 5) is 16.6. The van der Waals surface area contributed by atoms with Crippen LogP contribution in [0.15, 0.2) is 48.5 Å². The molecule has 1 N–H and O–H groups in total. The number of carbonyl (C=O) groups excluding carboxylic acids is 1. The van der Waals surface area contributed by atoms with Crippen molar-refractivity contribution in [3.8, 4) is 0 Å². The lowest BCUT2D eigenvalue weighted by atomic mass is 9.70. The molecule has 0 spiro atoms. The SMILES string of the molecule is COC(=O)c1ccc(Nc2nc3ccccc3n2C2CC(C)CC(C)(C)C2)cc1. The van der Waals surface area contributed by atoms with Gasteiger partial charge in [0.1, 0.15) is 0 Å². The fraction of sp³-hybridized carbons (Fsp3) is 0.417. The third kappa shape index (κ3) is 4.00. The standard InChI is InChI=1S/C24H29N3O2/c1-16-13-19(15-24(2,3)14-16)27-21-8-6-5-7-20(21)26-23(27)25-18-11-9-17(10-12-18)22(28)29-4/h5-12,16,19H,13-15H2,1-4H3,(H,25,26). The van der Waals surface area contributed by atoms with Gasteiger partial charge in [0.25, 0.3) is 0 Å². The first-order valence-electron chi connectivity index (χ1n) is 10.3. The molecule has 3 aromatic rings. The maximum atomic E-state index is 11.7. The third-order valence-corrected chi connectivity index (χ3v) is 5.89. The Morgan fingerprint density at radius 3 is 2.55 bits per heavy atom. The molecule has 0 bridgehead atoms. The molecule has 1 aliphatic carbocycles. The zero-order chi connectivity index (χ0) is 20.6. The highest BCUT2D eigenvalue weighted by atomic mass is 16.5. The first-order valence-corrected chi connectivity index (χ1v) is 10.3. The molecule has 1 aromatic heterocycles. The van der Waals surface area contributed by atoms with Crippen molar-refractivity contribution in [3.05, 3.63) is 54.1 Å². The number of hydrogen-bond acceptors (Lipinski definition) is 4. The second-order valence-corrected chi connectivity index (χ2v) is 9.06. The Kier molecular flexibility index (Phi) is 5.07. The minimum Gasteiger partial charge on any atom is -0.465 e. The van der Waals surface area contributed by atoms with Crippen LogP contribution in [-0.4, -0.2) is 22.6 Å². The van der Waals surface area contributed by atoms with Crippen LogP contribution in [0.4, 0.5) is 11.6 Å². The molecule has 2 aromatic carbocycles. The van der Waals surface area contributed by atoms with Crippen molar-refractivity contribution in [2.75, 3.05) is 12.4 Å². The predicted octanol–water partition coefficient (Wildman–Crippen LogP) is 5.95. The molecule has 0 radical (unpaired) electrons. The monoisotopic (exact) mass is 391 g/mol. The van der Waals surface area contributed by atoms with Gasteiger partial charge in [0, 0.05) is 11.7 Å². The van der Waals surface area contributed by atoms with Crippen LogP contribution in [0.25, 0.3) is 11.0 Å². The third-order valence-electron chi connectivity index (χ3n) is 5.89. The average molecular weight is 392 g/mol. The molecule has 29 heavy (non-hydrogen) atoms. The zero-order valence-electron chi connectivity index (χ0n) is 17.6. The van der Waals surface area contributed by atoms with Crippen molar-refractivity contribution in [3.63, 3.8) is 0 Å². The van der Waals surface area contributed by atoms with Gasteiger partial charge in [0.2, 0.25) is 5.95 Å². The van der Waals surface area contributed by atoms with Crippen molar-refractivity contribution in [1.29, 1.82) is 0 Å². The summed E-state index contributed by atoms with van der Waals surface area (Å²) in [5.74, 6) is 1.20. The number of nitrogens with one attached hydrogen (secondary N) is 1. The van der Waals surface area contributed by atoms with Crippen molar-refractivity contribution in [2.45, 2.75) is 46.1 Å². The molecular weight excluding hydrogens is 362 g/mol. The van der Waals surface area contributed by atoms with E-state index in [0.717, 1.165) is 35.5 Å². The van der Waals surface area contributed by atoms with E-state index in [1.54, 1.807) is 12.1 Å². The van der Waals surface area contributed by atoms with Gasteiger partial charge in [-0.3, -0.25) is 0 Å². The number of benzene rings is 2. The topological polar surface area (TPSA) is 56.1 Å². The van der Waals surface area contributed by atoms with Crippen LogP contribution in [0.1, 0.15) is 56.4 Å². The summed E-state index contributed by atoms with van der Waals surface area (Å²) in [5.41, 5.74) is 3.91. The highest BCUT2D eigenvalue weighted by Gasteiger charge is 2.34. The summed E-state index contributed by atoms with van der Waals surface area (Å²) in [6.07, 6.45) is 3.54. The Hall–Kier alpha value is -2.82. The van der Waals surface area contributed by atoms with Gasteiger partial charge in [-0.15, -0.1) is 0 Å². The molecule has 5 nitrogen and oxygen atoms in total. The molecule has 4 rings (SSSR count). The van der Waals surface area contributed by atoms with Crippen molar-refractivity contribution >= 4 is 28.6 Å². The number of methoxy groups -OCH3 is 1. The van der Waals surface area contributed by atoms with Crippen LogP contribution >= 0.6 is 0 Å². The van der Waals surface area contributed by atoms with Gasteiger partial charge in [-0.2, -0.15) is 0 Å². The molecule has 2 unspecified atom stereocenters. The summed E-state index contributed by atoms with van der Waals surface area (Å²) in [6, 6.07) is 16.1. The van der Waals surface area contributed by atoms with Crippen molar-refractivity contribution in [1.82, 2.24) is 9.55 Å². The molecule has 152 valence electrons. The second-order valence-electron chi connectivity index (χ2n) is 9.06. The molecule has 0 aliphatic heterocycles. The first-order chi connectivity index (χ1) is 13.9. The molecular formula is C24H29N3O2. The lowest BCUT2D eigenvalue weighted by molar-refractivity contribution is 0.0600. The summed E-state index contributed by atoms with van der Waals surface area (Å²) < 4.78 is 7.16. The number of rotatable bonds is 4. The van der Waals surface area contributed by atoms with E-state index in [-0.39, 0.29) is 5.97 Å². The van der Waals surface area contributed by atoms with E-state index in [0.29, 0.717) is 22.9 Å². The van der Waals surface area contributed by atoms with Crippen molar-refractivity contribution < 1.29 is 9.53 Å². The number of ether oxygens (including phenoxy) is 1. The molecule has 2 atom stereocenters. The summed E-state index contributed by atoms with van der Waals surface area (Å²) >= 11 is 0. The number of nitrogens with zero attached hydrogens (tertiary/aromatic N) is 2. The highest BCUT2D eigenvalue weighted by Crippen LogP contribution is 2.46. The number of hydrogen-bond donors (Lipinski definition) is 1. The number of carbonyl (C=O) groups is 1. The number of aromatic nitrogens is 2. The van der Waals surface area contributed by atoms with Crippen LogP contribution in [0, 0.1) is 11.3 Å². The van der Waals surface area contributed by atoms with Gasteiger partial charge in [0.05, 0.1) is 23.7 Å². The highest BCUT2D eigenvalue weighted by molar-refractivity contribution is 5.89. The van der Waals surface area contributed by atoms with E-state index in [1.807, 2.05) is 18.2 Å². The van der Waals surface area contributed by atoms with Crippen molar-refractivity contribution in [2.24, 2.45) is 11.3 Å². The van der Waals surface area contributed by atoms with Gasteiger partial charge >= 0.3 is 5.97 Å². The molecule has 1 aliphatic rings. The van der Waals surface area contributed by atoms with Gasteiger partial charge in [-0.1, -0.05) is 32.9 Å². The van der Waals surface area contributed by atoms with E-state index in [9.17, 15) is 4.79 Å². The van der Waals surface area contributed by atoms with Gasteiger partial charge < -0.3 is 14.6 Å². The van der Waals surface area contributed by atoms with E-state index in [4.69, 9.17) is 9.72 Å². The molecule has 0 saturated heterocycles. The maximum absolute atomic E-state index is 11.7.